The van der Waals surface area contributed by atoms with Crippen LogP contribution in [0.5, 0.6) is 0 Å². The van der Waals surface area contributed by atoms with E-state index in [0.29, 0.717) is 5.56 Å². The third-order valence-corrected chi connectivity index (χ3v) is 4.46. The molecule has 7 heteroatoms. The molecule has 2 rings (SSSR count). The third kappa shape index (κ3) is 6.91. The van der Waals surface area contributed by atoms with E-state index in [9.17, 15) is 14.4 Å². The van der Waals surface area contributed by atoms with E-state index in [2.05, 4.69) is 10.6 Å². The number of amides is 2. The SMILES string of the molecule is CC(C)NC(=O)c1c(Cl)cccc1CC(=O)[C@H](C)NC(=O)OCc1ccccc1. The van der Waals surface area contributed by atoms with Gasteiger partial charge in [0.25, 0.3) is 5.91 Å². The van der Waals surface area contributed by atoms with Crippen LogP contribution < -0.4 is 10.6 Å². The highest BCUT2D eigenvalue weighted by molar-refractivity contribution is 6.34. The van der Waals surface area contributed by atoms with Crippen LogP contribution in [-0.2, 0) is 22.6 Å². The zero-order valence-corrected chi connectivity index (χ0v) is 17.5. The predicted octanol–water partition coefficient (Wildman–Crippen LogP) is 3.90. The summed E-state index contributed by atoms with van der Waals surface area (Å²) in [5.41, 5.74) is 1.63. The monoisotopic (exact) mass is 416 g/mol. The van der Waals surface area contributed by atoms with Gasteiger partial charge in [-0.2, -0.15) is 0 Å². The first-order chi connectivity index (χ1) is 13.8. The molecule has 2 amide bonds. The van der Waals surface area contributed by atoms with Gasteiger partial charge in [0, 0.05) is 12.5 Å². The lowest BCUT2D eigenvalue weighted by molar-refractivity contribution is -0.120. The summed E-state index contributed by atoms with van der Waals surface area (Å²) in [6, 6.07) is 13.4. The Morgan fingerprint density at radius 2 is 1.66 bits per heavy atom. The topological polar surface area (TPSA) is 84.5 Å². The van der Waals surface area contributed by atoms with Gasteiger partial charge in [-0.3, -0.25) is 9.59 Å². The number of Topliss-reactive ketones (excluding diaryl/α,β-unsaturated/α-hetero) is 1. The van der Waals surface area contributed by atoms with E-state index in [-0.39, 0.29) is 41.3 Å². The molecule has 0 aliphatic rings. The highest BCUT2D eigenvalue weighted by Crippen LogP contribution is 2.21. The van der Waals surface area contributed by atoms with E-state index in [1.165, 1.54) is 0 Å². The molecule has 0 fully saturated rings. The third-order valence-electron chi connectivity index (χ3n) is 4.14. The molecular weight excluding hydrogens is 392 g/mol. The quantitative estimate of drug-likeness (QED) is 0.683. The van der Waals surface area contributed by atoms with Gasteiger partial charge in [-0.1, -0.05) is 54.1 Å². The van der Waals surface area contributed by atoms with E-state index >= 15 is 0 Å². The lowest BCUT2D eigenvalue weighted by Gasteiger charge is -2.16. The van der Waals surface area contributed by atoms with Crippen molar-refractivity contribution in [2.45, 2.75) is 45.9 Å². The molecule has 0 aromatic heterocycles. The molecule has 2 N–H and O–H groups in total. The molecule has 2 aromatic rings. The number of carbonyl (C=O) groups excluding carboxylic acids is 3. The second-order valence-corrected chi connectivity index (χ2v) is 7.38. The fraction of sp³-hybridized carbons (Fsp3) is 0.318. The van der Waals surface area contributed by atoms with Crippen LogP contribution in [-0.4, -0.2) is 29.9 Å². The second-order valence-electron chi connectivity index (χ2n) is 6.97. The number of benzene rings is 2. The first-order valence-electron chi connectivity index (χ1n) is 9.36. The van der Waals surface area contributed by atoms with Crippen LogP contribution in [0.1, 0.15) is 42.3 Å². The van der Waals surface area contributed by atoms with Crippen molar-refractivity contribution in [3.05, 3.63) is 70.2 Å². The molecule has 154 valence electrons. The summed E-state index contributed by atoms with van der Waals surface area (Å²) in [5.74, 6) is -0.598. The van der Waals surface area contributed by atoms with E-state index in [1.54, 1.807) is 25.1 Å². The highest BCUT2D eigenvalue weighted by atomic mass is 35.5. The number of carbonyl (C=O) groups is 3. The van der Waals surface area contributed by atoms with E-state index in [4.69, 9.17) is 16.3 Å². The molecule has 0 radical (unpaired) electrons. The van der Waals surface area contributed by atoms with Crippen molar-refractivity contribution in [1.82, 2.24) is 10.6 Å². The minimum absolute atomic E-state index is 0.0401. The first-order valence-corrected chi connectivity index (χ1v) is 9.74. The summed E-state index contributed by atoms with van der Waals surface area (Å²) in [6.45, 7) is 5.37. The average Bonchev–Trinajstić information content (AvgIpc) is 2.66. The molecule has 0 aliphatic heterocycles. The Bertz CT molecular complexity index is 868. The second kappa shape index (κ2) is 10.6. The number of nitrogens with one attached hydrogen (secondary N) is 2. The number of ketones is 1. The Labute approximate surface area is 175 Å². The van der Waals surface area contributed by atoms with Crippen molar-refractivity contribution in [1.29, 1.82) is 0 Å². The molecular formula is C22H25ClN2O4. The maximum absolute atomic E-state index is 12.6. The number of alkyl carbamates (subject to hydrolysis) is 1. The molecule has 0 aliphatic carbocycles. The Morgan fingerprint density at radius 3 is 2.31 bits per heavy atom. The fourth-order valence-electron chi connectivity index (χ4n) is 2.67. The van der Waals surface area contributed by atoms with Crippen LogP contribution >= 0.6 is 11.6 Å². The van der Waals surface area contributed by atoms with Crippen LogP contribution in [0.25, 0.3) is 0 Å². The van der Waals surface area contributed by atoms with Crippen LogP contribution in [0, 0.1) is 0 Å². The van der Waals surface area contributed by atoms with Gasteiger partial charge in [-0.25, -0.2) is 4.79 Å². The molecule has 2 aromatic carbocycles. The number of hydrogen-bond donors (Lipinski definition) is 2. The van der Waals surface area contributed by atoms with Gasteiger partial charge in [0.05, 0.1) is 16.6 Å². The molecule has 0 unspecified atom stereocenters. The van der Waals surface area contributed by atoms with Crippen LogP contribution in [0.3, 0.4) is 0 Å². The summed E-state index contributed by atoms with van der Waals surface area (Å²) in [6.07, 6.45) is -0.722. The van der Waals surface area contributed by atoms with Crippen molar-refractivity contribution in [3.8, 4) is 0 Å². The normalized spacial score (nSPS) is 11.6. The minimum Gasteiger partial charge on any atom is -0.445 e. The Balaban J connectivity index is 1.98. The van der Waals surface area contributed by atoms with Gasteiger partial charge in [-0.15, -0.1) is 0 Å². The molecule has 0 heterocycles. The molecule has 0 saturated carbocycles. The summed E-state index contributed by atoms with van der Waals surface area (Å²) >= 11 is 6.19. The predicted molar refractivity (Wildman–Crippen MR) is 112 cm³/mol. The van der Waals surface area contributed by atoms with E-state index in [1.807, 2.05) is 44.2 Å². The smallest absolute Gasteiger partial charge is 0.408 e. The molecule has 1 atom stereocenters. The molecule has 0 spiro atoms. The van der Waals surface area contributed by atoms with Gasteiger partial charge in [0.1, 0.15) is 6.61 Å². The number of hydrogen-bond acceptors (Lipinski definition) is 4. The summed E-state index contributed by atoms with van der Waals surface area (Å²) in [4.78, 5) is 37.0. The summed E-state index contributed by atoms with van der Waals surface area (Å²) in [5, 5.41) is 5.58. The van der Waals surface area contributed by atoms with E-state index < -0.39 is 12.1 Å². The number of ether oxygens (including phenoxy) is 1. The van der Waals surface area contributed by atoms with Crippen LogP contribution in [0.15, 0.2) is 48.5 Å². The number of rotatable bonds is 8. The standard InChI is InChI=1S/C22H25ClN2O4/c1-14(2)24-21(27)20-17(10-7-11-18(20)23)12-19(26)15(3)25-22(28)29-13-16-8-5-4-6-9-16/h4-11,14-15H,12-13H2,1-3H3,(H,24,27)(H,25,28)/t15-/m0/s1. The minimum atomic E-state index is -0.779. The fourth-order valence-corrected chi connectivity index (χ4v) is 2.95. The van der Waals surface area contributed by atoms with Crippen LogP contribution in [0.4, 0.5) is 4.79 Å². The van der Waals surface area contributed by atoms with Crippen molar-refractivity contribution in [3.63, 3.8) is 0 Å². The summed E-state index contributed by atoms with van der Waals surface area (Å²) < 4.78 is 5.14. The molecule has 0 bridgehead atoms. The van der Waals surface area contributed by atoms with E-state index in [0.717, 1.165) is 5.56 Å². The van der Waals surface area contributed by atoms with Crippen molar-refractivity contribution < 1.29 is 19.1 Å². The average molecular weight is 417 g/mol. The number of halogens is 1. The lowest BCUT2D eigenvalue weighted by atomic mass is 9.99. The first kappa shape index (κ1) is 22.4. The largest absolute Gasteiger partial charge is 0.445 e. The maximum atomic E-state index is 12.6. The zero-order chi connectivity index (χ0) is 21.4. The van der Waals surface area contributed by atoms with Crippen LogP contribution in [0.2, 0.25) is 5.02 Å². The Morgan fingerprint density at radius 1 is 0.966 bits per heavy atom. The maximum Gasteiger partial charge on any atom is 0.408 e. The Hall–Kier alpha value is -2.86. The van der Waals surface area contributed by atoms with Gasteiger partial charge in [0.2, 0.25) is 0 Å². The zero-order valence-electron chi connectivity index (χ0n) is 16.7. The van der Waals surface area contributed by atoms with Gasteiger partial charge < -0.3 is 15.4 Å². The summed E-state index contributed by atoms with van der Waals surface area (Å²) in [7, 11) is 0. The van der Waals surface area contributed by atoms with Gasteiger partial charge >= 0.3 is 6.09 Å². The molecule has 6 nitrogen and oxygen atoms in total. The molecule has 0 saturated heterocycles. The Kier molecular flexibility index (Phi) is 8.21. The van der Waals surface area contributed by atoms with Gasteiger partial charge in [0.15, 0.2) is 5.78 Å². The van der Waals surface area contributed by atoms with Crippen molar-refractivity contribution in [2.24, 2.45) is 0 Å². The lowest BCUT2D eigenvalue weighted by Crippen LogP contribution is -2.40. The van der Waals surface area contributed by atoms with Crippen molar-refractivity contribution in [2.75, 3.05) is 0 Å². The van der Waals surface area contributed by atoms with Gasteiger partial charge in [-0.05, 0) is 38.0 Å². The molecule has 29 heavy (non-hydrogen) atoms. The van der Waals surface area contributed by atoms with Crippen molar-refractivity contribution >= 4 is 29.4 Å². The highest BCUT2D eigenvalue weighted by Gasteiger charge is 2.22.